The second kappa shape index (κ2) is 9.28. The maximum Gasteiger partial charge on any atom is 0.254 e. The zero-order chi connectivity index (χ0) is 21.8. The number of amides is 1. The SMILES string of the molecule is CCN(Cc1cccc2c1OCCO2)C(=O)c1cccc(S(=O)(=O)N2CCCCC2)c1. The van der Waals surface area contributed by atoms with Gasteiger partial charge in [0, 0.05) is 37.3 Å². The first-order valence-corrected chi connectivity index (χ1v) is 12.2. The van der Waals surface area contributed by atoms with Gasteiger partial charge in [-0.3, -0.25) is 4.79 Å². The number of hydrogen-bond donors (Lipinski definition) is 0. The zero-order valence-electron chi connectivity index (χ0n) is 17.7. The summed E-state index contributed by atoms with van der Waals surface area (Å²) >= 11 is 0. The highest BCUT2D eigenvalue weighted by Gasteiger charge is 2.27. The van der Waals surface area contributed by atoms with Gasteiger partial charge in [-0.15, -0.1) is 0 Å². The molecule has 1 amide bonds. The smallest absolute Gasteiger partial charge is 0.254 e. The second-order valence-corrected chi connectivity index (χ2v) is 9.69. The number of benzene rings is 2. The fraction of sp³-hybridized carbons (Fsp3) is 0.435. The molecule has 7 nitrogen and oxygen atoms in total. The van der Waals surface area contributed by atoms with Gasteiger partial charge in [0.2, 0.25) is 10.0 Å². The van der Waals surface area contributed by atoms with Crippen molar-refractivity contribution in [3.05, 3.63) is 53.6 Å². The van der Waals surface area contributed by atoms with Crippen LogP contribution in [-0.4, -0.2) is 56.4 Å². The summed E-state index contributed by atoms with van der Waals surface area (Å²) in [5.41, 5.74) is 1.23. The van der Waals surface area contributed by atoms with E-state index in [-0.39, 0.29) is 10.8 Å². The van der Waals surface area contributed by atoms with E-state index < -0.39 is 10.0 Å². The second-order valence-electron chi connectivity index (χ2n) is 7.75. The van der Waals surface area contributed by atoms with E-state index in [1.807, 2.05) is 25.1 Å². The summed E-state index contributed by atoms with van der Waals surface area (Å²) in [6.45, 7) is 4.77. The van der Waals surface area contributed by atoms with Crippen LogP contribution in [-0.2, 0) is 16.6 Å². The van der Waals surface area contributed by atoms with Crippen LogP contribution in [0.5, 0.6) is 11.5 Å². The number of rotatable bonds is 6. The van der Waals surface area contributed by atoms with Gasteiger partial charge in [0.05, 0.1) is 4.90 Å². The molecule has 0 aromatic heterocycles. The summed E-state index contributed by atoms with van der Waals surface area (Å²) in [6.07, 6.45) is 2.79. The van der Waals surface area contributed by atoms with Crippen molar-refractivity contribution in [1.82, 2.24) is 9.21 Å². The standard InChI is InChI=1S/C23H28N2O5S/c1-2-24(17-19-9-7-11-21-22(19)30-15-14-29-21)23(26)18-8-6-10-20(16-18)31(27,28)25-12-4-3-5-13-25/h6-11,16H,2-5,12-15,17H2,1H3. The van der Waals surface area contributed by atoms with Crippen molar-refractivity contribution in [2.45, 2.75) is 37.6 Å². The van der Waals surface area contributed by atoms with Crippen molar-refractivity contribution in [3.8, 4) is 11.5 Å². The molecule has 0 N–H and O–H groups in total. The van der Waals surface area contributed by atoms with E-state index in [4.69, 9.17) is 9.47 Å². The minimum absolute atomic E-state index is 0.171. The van der Waals surface area contributed by atoms with Gasteiger partial charge in [-0.1, -0.05) is 24.6 Å². The molecule has 0 aliphatic carbocycles. The molecule has 2 aliphatic rings. The van der Waals surface area contributed by atoms with E-state index in [9.17, 15) is 13.2 Å². The molecule has 0 radical (unpaired) electrons. The van der Waals surface area contributed by atoms with Gasteiger partial charge >= 0.3 is 0 Å². The van der Waals surface area contributed by atoms with E-state index in [1.165, 1.54) is 10.4 Å². The van der Waals surface area contributed by atoms with Crippen molar-refractivity contribution in [1.29, 1.82) is 0 Å². The lowest BCUT2D eigenvalue weighted by Gasteiger charge is -2.27. The van der Waals surface area contributed by atoms with Gasteiger partial charge < -0.3 is 14.4 Å². The minimum atomic E-state index is -3.60. The molecule has 2 aromatic carbocycles. The summed E-state index contributed by atoms with van der Waals surface area (Å²) in [5, 5.41) is 0. The molecule has 31 heavy (non-hydrogen) atoms. The van der Waals surface area contributed by atoms with E-state index in [0.29, 0.717) is 56.5 Å². The van der Waals surface area contributed by atoms with E-state index in [0.717, 1.165) is 24.8 Å². The molecule has 0 bridgehead atoms. The number of hydrogen-bond acceptors (Lipinski definition) is 5. The Morgan fingerprint density at radius 1 is 1.03 bits per heavy atom. The van der Waals surface area contributed by atoms with Crippen molar-refractivity contribution in [2.24, 2.45) is 0 Å². The van der Waals surface area contributed by atoms with E-state index >= 15 is 0 Å². The van der Waals surface area contributed by atoms with Crippen LogP contribution >= 0.6 is 0 Å². The quantitative estimate of drug-likeness (QED) is 0.683. The number of carbonyl (C=O) groups is 1. The van der Waals surface area contributed by atoms with Crippen molar-refractivity contribution in [2.75, 3.05) is 32.8 Å². The Hall–Kier alpha value is -2.58. The molecule has 0 saturated carbocycles. The molecule has 2 heterocycles. The molecule has 0 unspecified atom stereocenters. The minimum Gasteiger partial charge on any atom is -0.486 e. The lowest BCUT2D eigenvalue weighted by Crippen LogP contribution is -2.36. The Morgan fingerprint density at radius 3 is 2.55 bits per heavy atom. The summed E-state index contributed by atoms with van der Waals surface area (Å²) < 4.78 is 39.0. The fourth-order valence-electron chi connectivity index (χ4n) is 4.02. The molecule has 4 rings (SSSR count). The Kier molecular flexibility index (Phi) is 6.48. The molecule has 0 atom stereocenters. The number of sulfonamides is 1. The van der Waals surface area contributed by atoms with E-state index in [2.05, 4.69) is 0 Å². The van der Waals surface area contributed by atoms with Crippen molar-refractivity contribution < 1.29 is 22.7 Å². The normalized spacial score (nSPS) is 16.7. The maximum atomic E-state index is 13.2. The Labute approximate surface area is 183 Å². The van der Waals surface area contributed by atoms with Crippen LogP contribution in [0.25, 0.3) is 0 Å². The Balaban J connectivity index is 1.56. The van der Waals surface area contributed by atoms with E-state index in [1.54, 1.807) is 23.1 Å². The summed E-state index contributed by atoms with van der Waals surface area (Å²) in [6, 6.07) is 12.0. The molecule has 0 spiro atoms. The summed E-state index contributed by atoms with van der Waals surface area (Å²) in [7, 11) is -3.60. The van der Waals surface area contributed by atoms with Crippen molar-refractivity contribution >= 4 is 15.9 Å². The zero-order valence-corrected chi connectivity index (χ0v) is 18.6. The molecule has 1 saturated heterocycles. The van der Waals surface area contributed by atoms with Gasteiger partial charge in [-0.05, 0) is 44.0 Å². The molecular formula is C23H28N2O5S. The van der Waals surface area contributed by atoms with Gasteiger partial charge in [0.15, 0.2) is 11.5 Å². The predicted molar refractivity (Wildman–Crippen MR) is 117 cm³/mol. The summed E-state index contributed by atoms with van der Waals surface area (Å²) in [4.78, 5) is 15.1. The van der Waals surface area contributed by atoms with Gasteiger partial charge in [-0.2, -0.15) is 4.31 Å². The third kappa shape index (κ3) is 4.55. The summed E-state index contributed by atoms with van der Waals surface area (Å²) in [5.74, 6) is 1.14. The number of carbonyl (C=O) groups excluding carboxylic acids is 1. The molecule has 2 aromatic rings. The first-order chi connectivity index (χ1) is 15.0. The maximum absolute atomic E-state index is 13.2. The third-order valence-corrected chi connectivity index (χ3v) is 7.61. The highest BCUT2D eigenvalue weighted by Crippen LogP contribution is 2.34. The molecular weight excluding hydrogens is 416 g/mol. The highest BCUT2D eigenvalue weighted by atomic mass is 32.2. The van der Waals surface area contributed by atoms with Crippen LogP contribution < -0.4 is 9.47 Å². The monoisotopic (exact) mass is 444 g/mol. The largest absolute Gasteiger partial charge is 0.486 e. The molecule has 166 valence electrons. The van der Waals surface area contributed by atoms with Crippen LogP contribution in [0.4, 0.5) is 0 Å². The third-order valence-electron chi connectivity index (χ3n) is 5.71. The molecule has 2 aliphatic heterocycles. The Morgan fingerprint density at radius 2 is 1.77 bits per heavy atom. The van der Waals surface area contributed by atoms with Crippen LogP contribution in [0, 0.1) is 0 Å². The van der Waals surface area contributed by atoms with Gasteiger partial charge in [-0.25, -0.2) is 8.42 Å². The highest BCUT2D eigenvalue weighted by molar-refractivity contribution is 7.89. The van der Waals surface area contributed by atoms with Crippen molar-refractivity contribution in [3.63, 3.8) is 0 Å². The first-order valence-electron chi connectivity index (χ1n) is 10.8. The lowest BCUT2D eigenvalue weighted by molar-refractivity contribution is 0.0749. The average Bonchev–Trinajstić information content (AvgIpc) is 2.83. The Bertz CT molecular complexity index is 1050. The lowest BCUT2D eigenvalue weighted by atomic mass is 10.1. The van der Waals surface area contributed by atoms with Crippen LogP contribution in [0.1, 0.15) is 42.1 Å². The number of fused-ring (bicyclic) bond motifs is 1. The topological polar surface area (TPSA) is 76.1 Å². The number of ether oxygens (including phenoxy) is 2. The number of para-hydroxylation sites is 1. The number of piperidine rings is 1. The van der Waals surface area contributed by atoms with Crippen LogP contribution in [0.2, 0.25) is 0 Å². The molecule has 1 fully saturated rings. The van der Waals surface area contributed by atoms with Crippen LogP contribution in [0.15, 0.2) is 47.4 Å². The van der Waals surface area contributed by atoms with Gasteiger partial charge in [0.1, 0.15) is 13.2 Å². The average molecular weight is 445 g/mol. The predicted octanol–water partition coefficient (Wildman–Crippen LogP) is 3.29. The first kappa shape index (κ1) is 21.6. The van der Waals surface area contributed by atoms with Crippen LogP contribution in [0.3, 0.4) is 0 Å². The van der Waals surface area contributed by atoms with Gasteiger partial charge in [0.25, 0.3) is 5.91 Å². The molecule has 8 heteroatoms. The number of nitrogens with zero attached hydrogens (tertiary/aromatic N) is 2. The fourth-order valence-corrected chi connectivity index (χ4v) is 5.58.